The van der Waals surface area contributed by atoms with Gasteiger partial charge in [-0.25, -0.2) is 4.98 Å². The lowest BCUT2D eigenvalue weighted by Gasteiger charge is -2.03. The predicted octanol–water partition coefficient (Wildman–Crippen LogP) is 3.78. The monoisotopic (exact) mass is 374 g/mol. The van der Waals surface area contributed by atoms with Gasteiger partial charge in [0, 0.05) is 15.6 Å². The van der Waals surface area contributed by atoms with E-state index >= 15 is 0 Å². The van der Waals surface area contributed by atoms with Crippen molar-refractivity contribution in [3.05, 3.63) is 57.8 Å². The number of H-pyrrole nitrogens is 1. The van der Waals surface area contributed by atoms with Crippen molar-refractivity contribution in [3.63, 3.8) is 0 Å². The molecule has 3 rings (SSSR count). The van der Waals surface area contributed by atoms with Gasteiger partial charge in [-0.15, -0.1) is 0 Å². The lowest BCUT2D eigenvalue weighted by molar-refractivity contribution is 0.392. The summed E-state index contributed by atoms with van der Waals surface area (Å²) in [5.41, 5.74) is 4.30. The van der Waals surface area contributed by atoms with Crippen molar-refractivity contribution >= 4 is 15.9 Å². The SMILES string of the molecule is Cc1noc(C)c1CCNCc1ncc(-c2cccc(Br)c2)[nH]1. The molecule has 0 unspecified atom stereocenters. The molecule has 0 amide bonds. The summed E-state index contributed by atoms with van der Waals surface area (Å²) in [4.78, 5) is 7.78. The molecule has 0 bridgehead atoms. The number of hydrogen-bond donors (Lipinski definition) is 2. The lowest BCUT2D eigenvalue weighted by atomic mass is 10.1. The highest BCUT2D eigenvalue weighted by molar-refractivity contribution is 9.10. The van der Waals surface area contributed by atoms with E-state index in [0.717, 1.165) is 46.0 Å². The maximum Gasteiger partial charge on any atom is 0.137 e. The molecular formula is C17H19BrN4O. The molecule has 2 N–H and O–H groups in total. The highest BCUT2D eigenvalue weighted by Crippen LogP contribution is 2.21. The van der Waals surface area contributed by atoms with Crippen LogP contribution < -0.4 is 5.32 Å². The van der Waals surface area contributed by atoms with Crippen molar-refractivity contribution in [2.24, 2.45) is 0 Å². The molecule has 0 aliphatic rings. The molecule has 5 nitrogen and oxygen atoms in total. The Morgan fingerprint density at radius 3 is 2.91 bits per heavy atom. The van der Waals surface area contributed by atoms with Gasteiger partial charge in [0.2, 0.25) is 0 Å². The van der Waals surface area contributed by atoms with Gasteiger partial charge in [0.25, 0.3) is 0 Å². The van der Waals surface area contributed by atoms with Crippen LogP contribution in [-0.2, 0) is 13.0 Å². The number of aryl methyl sites for hydroxylation is 2. The van der Waals surface area contributed by atoms with Crippen LogP contribution in [0.4, 0.5) is 0 Å². The number of hydrogen-bond acceptors (Lipinski definition) is 4. The third-order valence-electron chi connectivity index (χ3n) is 3.79. The quantitative estimate of drug-likeness (QED) is 0.644. The molecule has 0 saturated heterocycles. The van der Waals surface area contributed by atoms with E-state index in [0.29, 0.717) is 6.54 Å². The van der Waals surface area contributed by atoms with Gasteiger partial charge in [0.05, 0.1) is 24.1 Å². The molecule has 0 atom stereocenters. The number of imidazole rings is 1. The first-order valence-electron chi connectivity index (χ1n) is 7.56. The Morgan fingerprint density at radius 2 is 2.17 bits per heavy atom. The molecule has 2 aromatic heterocycles. The lowest BCUT2D eigenvalue weighted by Crippen LogP contribution is -2.17. The first kappa shape index (κ1) is 16.0. The van der Waals surface area contributed by atoms with Gasteiger partial charge < -0.3 is 14.8 Å². The van der Waals surface area contributed by atoms with Gasteiger partial charge in [-0.1, -0.05) is 33.2 Å². The Kier molecular flexibility index (Phi) is 4.93. The molecule has 3 aromatic rings. The third kappa shape index (κ3) is 3.89. The maximum atomic E-state index is 5.17. The maximum absolute atomic E-state index is 5.17. The molecule has 23 heavy (non-hydrogen) atoms. The number of aromatic nitrogens is 3. The van der Waals surface area contributed by atoms with Crippen LogP contribution in [-0.4, -0.2) is 21.7 Å². The van der Waals surface area contributed by atoms with Crippen LogP contribution in [0.2, 0.25) is 0 Å². The van der Waals surface area contributed by atoms with E-state index in [-0.39, 0.29) is 0 Å². The van der Waals surface area contributed by atoms with Gasteiger partial charge in [-0.2, -0.15) is 0 Å². The molecule has 0 saturated carbocycles. The van der Waals surface area contributed by atoms with Crippen molar-refractivity contribution in [3.8, 4) is 11.3 Å². The van der Waals surface area contributed by atoms with Crippen LogP contribution in [0.15, 0.2) is 39.5 Å². The van der Waals surface area contributed by atoms with Gasteiger partial charge in [-0.3, -0.25) is 0 Å². The molecule has 0 spiro atoms. The molecule has 0 fully saturated rings. The largest absolute Gasteiger partial charge is 0.361 e. The summed E-state index contributed by atoms with van der Waals surface area (Å²) in [6.45, 7) is 5.49. The van der Waals surface area contributed by atoms with Gasteiger partial charge in [0.1, 0.15) is 11.6 Å². The van der Waals surface area contributed by atoms with Crippen molar-refractivity contribution in [2.75, 3.05) is 6.54 Å². The summed E-state index contributed by atoms with van der Waals surface area (Å²) in [7, 11) is 0. The Hall–Kier alpha value is -1.92. The Balaban J connectivity index is 1.54. The molecule has 0 radical (unpaired) electrons. The molecular weight excluding hydrogens is 356 g/mol. The standard InChI is InChI=1S/C17H19BrN4O/c1-11-15(12(2)23-22-11)6-7-19-10-17-20-9-16(21-17)13-4-3-5-14(18)8-13/h3-5,8-9,19H,6-7,10H2,1-2H3,(H,20,21). The molecule has 0 aliphatic carbocycles. The normalized spacial score (nSPS) is 11.1. The minimum absolute atomic E-state index is 0.706. The number of nitrogens with one attached hydrogen (secondary N) is 2. The number of nitrogens with zero attached hydrogens (tertiary/aromatic N) is 2. The zero-order valence-corrected chi connectivity index (χ0v) is 14.8. The zero-order chi connectivity index (χ0) is 16.2. The summed E-state index contributed by atoms with van der Waals surface area (Å²) in [5.74, 6) is 1.83. The number of aromatic amines is 1. The van der Waals surface area contributed by atoms with E-state index in [1.54, 1.807) is 0 Å². The second-order valence-electron chi connectivity index (χ2n) is 5.48. The van der Waals surface area contributed by atoms with Crippen molar-refractivity contribution in [2.45, 2.75) is 26.8 Å². The molecule has 120 valence electrons. The van der Waals surface area contributed by atoms with Crippen LogP contribution in [0.3, 0.4) is 0 Å². The second kappa shape index (κ2) is 7.10. The van der Waals surface area contributed by atoms with Crippen LogP contribution in [0.5, 0.6) is 0 Å². The minimum Gasteiger partial charge on any atom is -0.361 e. The summed E-state index contributed by atoms with van der Waals surface area (Å²) >= 11 is 3.49. The summed E-state index contributed by atoms with van der Waals surface area (Å²) < 4.78 is 6.23. The van der Waals surface area contributed by atoms with E-state index in [1.807, 2.05) is 32.2 Å². The molecule has 0 aliphatic heterocycles. The van der Waals surface area contributed by atoms with Crippen molar-refractivity contribution in [1.29, 1.82) is 0 Å². The Morgan fingerprint density at radius 1 is 1.30 bits per heavy atom. The predicted molar refractivity (Wildman–Crippen MR) is 93.1 cm³/mol. The third-order valence-corrected chi connectivity index (χ3v) is 4.28. The van der Waals surface area contributed by atoms with Gasteiger partial charge >= 0.3 is 0 Å². The zero-order valence-electron chi connectivity index (χ0n) is 13.2. The highest BCUT2D eigenvalue weighted by Gasteiger charge is 2.08. The highest BCUT2D eigenvalue weighted by atomic mass is 79.9. The second-order valence-corrected chi connectivity index (χ2v) is 6.40. The summed E-state index contributed by atoms with van der Waals surface area (Å²) in [6, 6.07) is 8.16. The average Bonchev–Trinajstić information content (AvgIpc) is 3.12. The number of rotatable bonds is 6. The molecule has 6 heteroatoms. The molecule has 2 heterocycles. The van der Waals surface area contributed by atoms with Crippen LogP contribution in [0, 0.1) is 13.8 Å². The van der Waals surface area contributed by atoms with Crippen molar-refractivity contribution < 1.29 is 4.52 Å². The first-order chi connectivity index (χ1) is 11.1. The van der Waals surface area contributed by atoms with Crippen LogP contribution in [0.25, 0.3) is 11.3 Å². The van der Waals surface area contributed by atoms with Crippen LogP contribution in [0.1, 0.15) is 22.8 Å². The van der Waals surface area contributed by atoms with Gasteiger partial charge in [-0.05, 0) is 38.9 Å². The van der Waals surface area contributed by atoms with E-state index in [1.165, 1.54) is 5.56 Å². The smallest absolute Gasteiger partial charge is 0.137 e. The minimum atomic E-state index is 0.706. The summed E-state index contributed by atoms with van der Waals surface area (Å²) in [5, 5.41) is 7.37. The van der Waals surface area contributed by atoms with E-state index in [9.17, 15) is 0 Å². The fourth-order valence-electron chi connectivity index (χ4n) is 2.53. The van der Waals surface area contributed by atoms with Gasteiger partial charge in [0.15, 0.2) is 0 Å². The molecule has 1 aromatic carbocycles. The van der Waals surface area contributed by atoms with E-state index in [4.69, 9.17) is 4.52 Å². The topological polar surface area (TPSA) is 66.7 Å². The first-order valence-corrected chi connectivity index (χ1v) is 8.35. The van der Waals surface area contributed by atoms with Crippen LogP contribution >= 0.6 is 15.9 Å². The Labute approximate surface area is 143 Å². The van der Waals surface area contributed by atoms with E-state index < -0.39 is 0 Å². The summed E-state index contributed by atoms with van der Waals surface area (Å²) in [6.07, 6.45) is 2.77. The average molecular weight is 375 g/mol. The van der Waals surface area contributed by atoms with E-state index in [2.05, 4.69) is 48.5 Å². The van der Waals surface area contributed by atoms with Crippen molar-refractivity contribution in [1.82, 2.24) is 20.4 Å². The fourth-order valence-corrected chi connectivity index (χ4v) is 2.93. The number of benzene rings is 1. The fraction of sp³-hybridized carbons (Fsp3) is 0.294. The number of halogens is 1. The Bertz CT molecular complexity index is 774.